The number of likely N-dealkylation sites (tertiary alicyclic amines) is 1. The van der Waals surface area contributed by atoms with Gasteiger partial charge in [0.2, 0.25) is 5.91 Å². The van der Waals surface area contributed by atoms with E-state index in [4.69, 9.17) is 21.4 Å². The fraction of sp³-hybridized carbons (Fsp3) is 0.579. The molecule has 1 aromatic heterocycles. The van der Waals surface area contributed by atoms with Gasteiger partial charge in [0, 0.05) is 52.1 Å². The molecule has 0 unspecified atom stereocenters. The summed E-state index contributed by atoms with van der Waals surface area (Å²) in [6.45, 7) is 6.45. The Labute approximate surface area is 158 Å². The molecule has 7 heteroatoms. The molecule has 2 aliphatic heterocycles. The Balaban J connectivity index is 1.51. The van der Waals surface area contributed by atoms with Crippen molar-refractivity contribution in [1.29, 1.82) is 0 Å². The lowest BCUT2D eigenvalue weighted by molar-refractivity contribution is -0.149. The Morgan fingerprint density at radius 3 is 2.81 bits per heavy atom. The Morgan fingerprint density at radius 2 is 2.08 bits per heavy atom. The van der Waals surface area contributed by atoms with Crippen LogP contribution < -0.4 is 0 Å². The van der Waals surface area contributed by atoms with E-state index in [1.165, 1.54) is 0 Å². The Bertz CT molecular complexity index is 826. The predicted octanol–water partition coefficient (Wildman–Crippen LogP) is 2.44. The van der Waals surface area contributed by atoms with Crippen LogP contribution in [0.4, 0.5) is 0 Å². The first kappa shape index (κ1) is 17.8. The van der Waals surface area contributed by atoms with Gasteiger partial charge in [-0.3, -0.25) is 14.4 Å². The van der Waals surface area contributed by atoms with E-state index in [0.29, 0.717) is 0 Å². The van der Waals surface area contributed by atoms with Crippen LogP contribution in [0.2, 0.25) is 5.02 Å². The standard InChI is InChI=1S/C19H25ClN4O2/c1-14(25)24-8-6-19(7-9-24)13-23(10-11-26-19)12-16-18-15(20)4-3-5-17(18)22(2)21-16/h3-5H,6-13H2,1-2H3. The highest BCUT2D eigenvalue weighted by Crippen LogP contribution is 2.32. The van der Waals surface area contributed by atoms with Crippen molar-refractivity contribution >= 4 is 28.4 Å². The van der Waals surface area contributed by atoms with Gasteiger partial charge in [0.25, 0.3) is 0 Å². The molecule has 0 saturated carbocycles. The van der Waals surface area contributed by atoms with Crippen molar-refractivity contribution in [3.8, 4) is 0 Å². The average molecular weight is 377 g/mol. The summed E-state index contributed by atoms with van der Waals surface area (Å²) < 4.78 is 8.09. The van der Waals surface area contributed by atoms with Crippen LogP contribution in [0.15, 0.2) is 18.2 Å². The number of carbonyl (C=O) groups excluding carboxylic acids is 1. The van der Waals surface area contributed by atoms with Gasteiger partial charge in [-0.2, -0.15) is 5.10 Å². The number of aryl methyl sites for hydroxylation is 1. The van der Waals surface area contributed by atoms with E-state index < -0.39 is 0 Å². The SMILES string of the molecule is CC(=O)N1CCC2(CC1)CN(Cc1nn(C)c3cccc(Cl)c13)CCO2. The van der Waals surface area contributed by atoms with Crippen LogP contribution in [0.3, 0.4) is 0 Å². The molecule has 0 atom stereocenters. The number of ether oxygens (including phenoxy) is 1. The van der Waals surface area contributed by atoms with Gasteiger partial charge >= 0.3 is 0 Å². The zero-order valence-corrected chi connectivity index (χ0v) is 16.1. The number of rotatable bonds is 2. The molecule has 2 fully saturated rings. The number of carbonyl (C=O) groups is 1. The molecule has 140 valence electrons. The summed E-state index contributed by atoms with van der Waals surface area (Å²) in [5.74, 6) is 0.155. The molecule has 0 aliphatic carbocycles. The van der Waals surface area contributed by atoms with Crippen molar-refractivity contribution in [3.05, 3.63) is 28.9 Å². The molecule has 2 aromatic rings. The average Bonchev–Trinajstić information content (AvgIpc) is 2.92. The third kappa shape index (κ3) is 3.21. The van der Waals surface area contributed by atoms with Gasteiger partial charge in [-0.15, -0.1) is 0 Å². The van der Waals surface area contributed by atoms with Gasteiger partial charge in [-0.1, -0.05) is 17.7 Å². The van der Waals surface area contributed by atoms with Gasteiger partial charge < -0.3 is 9.64 Å². The van der Waals surface area contributed by atoms with Gasteiger partial charge in [-0.25, -0.2) is 0 Å². The number of benzene rings is 1. The van der Waals surface area contributed by atoms with E-state index in [0.717, 1.165) is 73.8 Å². The minimum atomic E-state index is -0.140. The maximum atomic E-state index is 11.6. The number of halogens is 1. The van der Waals surface area contributed by atoms with E-state index in [1.807, 2.05) is 28.8 Å². The monoisotopic (exact) mass is 376 g/mol. The van der Waals surface area contributed by atoms with E-state index in [1.54, 1.807) is 6.92 Å². The third-order valence-corrected chi connectivity index (χ3v) is 6.04. The summed E-state index contributed by atoms with van der Waals surface area (Å²) in [6, 6.07) is 5.94. The normalized spacial score (nSPS) is 20.8. The lowest BCUT2D eigenvalue weighted by Crippen LogP contribution is -2.57. The van der Waals surface area contributed by atoms with Crippen LogP contribution in [-0.2, 0) is 23.1 Å². The second-order valence-corrected chi connectivity index (χ2v) is 7.86. The number of nitrogens with zero attached hydrogens (tertiary/aromatic N) is 4. The number of hydrogen-bond donors (Lipinski definition) is 0. The zero-order valence-electron chi connectivity index (χ0n) is 15.4. The topological polar surface area (TPSA) is 50.6 Å². The Hall–Kier alpha value is -1.63. The highest BCUT2D eigenvalue weighted by atomic mass is 35.5. The van der Waals surface area contributed by atoms with E-state index >= 15 is 0 Å². The molecule has 3 heterocycles. The summed E-state index contributed by atoms with van der Waals surface area (Å²) >= 11 is 6.45. The molecular formula is C19H25ClN4O2. The van der Waals surface area contributed by atoms with Crippen LogP contribution in [0.1, 0.15) is 25.5 Å². The van der Waals surface area contributed by atoms with Gasteiger partial charge in [0.05, 0.1) is 28.4 Å². The number of piperidine rings is 1. The van der Waals surface area contributed by atoms with Crippen LogP contribution >= 0.6 is 11.6 Å². The van der Waals surface area contributed by atoms with Crippen LogP contribution in [0.5, 0.6) is 0 Å². The molecule has 0 radical (unpaired) electrons. The highest BCUT2D eigenvalue weighted by Gasteiger charge is 2.40. The Morgan fingerprint density at radius 1 is 1.31 bits per heavy atom. The molecule has 0 N–H and O–H groups in total. The minimum absolute atomic E-state index is 0.140. The molecule has 2 aliphatic rings. The van der Waals surface area contributed by atoms with E-state index in [-0.39, 0.29) is 11.5 Å². The molecule has 6 nitrogen and oxygen atoms in total. The van der Waals surface area contributed by atoms with Crippen molar-refractivity contribution in [2.75, 3.05) is 32.8 Å². The molecule has 1 amide bonds. The zero-order chi connectivity index (χ0) is 18.3. The van der Waals surface area contributed by atoms with E-state index in [2.05, 4.69) is 11.0 Å². The minimum Gasteiger partial charge on any atom is -0.372 e. The molecule has 0 bridgehead atoms. The molecule has 2 saturated heterocycles. The molecule has 4 rings (SSSR count). The first-order valence-corrected chi connectivity index (χ1v) is 9.57. The second-order valence-electron chi connectivity index (χ2n) is 7.45. The smallest absolute Gasteiger partial charge is 0.219 e. The number of fused-ring (bicyclic) bond motifs is 1. The number of morpholine rings is 1. The van der Waals surface area contributed by atoms with Crippen molar-refractivity contribution in [3.63, 3.8) is 0 Å². The first-order chi connectivity index (χ1) is 12.5. The molecular weight excluding hydrogens is 352 g/mol. The summed E-state index contributed by atoms with van der Waals surface area (Å²) in [7, 11) is 1.96. The highest BCUT2D eigenvalue weighted by molar-refractivity contribution is 6.35. The molecule has 1 aromatic carbocycles. The second kappa shape index (κ2) is 6.83. The summed E-state index contributed by atoms with van der Waals surface area (Å²) in [6.07, 6.45) is 1.79. The van der Waals surface area contributed by atoms with E-state index in [9.17, 15) is 4.79 Å². The maximum absolute atomic E-state index is 11.6. The summed E-state index contributed by atoms with van der Waals surface area (Å²) in [5, 5.41) is 6.51. The predicted molar refractivity (Wildman–Crippen MR) is 101 cm³/mol. The molecule has 26 heavy (non-hydrogen) atoms. The molecule has 1 spiro atoms. The van der Waals surface area contributed by atoms with Gasteiger partial charge in [-0.05, 0) is 25.0 Å². The van der Waals surface area contributed by atoms with Gasteiger partial charge in [0.15, 0.2) is 0 Å². The number of aromatic nitrogens is 2. The van der Waals surface area contributed by atoms with Gasteiger partial charge in [0.1, 0.15) is 0 Å². The van der Waals surface area contributed by atoms with Crippen molar-refractivity contribution < 1.29 is 9.53 Å². The largest absolute Gasteiger partial charge is 0.372 e. The van der Waals surface area contributed by atoms with Crippen molar-refractivity contribution in [1.82, 2.24) is 19.6 Å². The number of amides is 1. The van der Waals surface area contributed by atoms with Crippen LogP contribution in [-0.4, -0.2) is 63.9 Å². The first-order valence-electron chi connectivity index (χ1n) is 9.19. The maximum Gasteiger partial charge on any atom is 0.219 e. The fourth-order valence-corrected chi connectivity index (χ4v) is 4.54. The Kier molecular flexibility index (Phi) is 4.67. The number of hydrogen-bond acceptors (Lipinski definition) is 4. The van der Waals surface area contributed by atoms with Crippen molar-refractivity contribution in [2.45, 2.75) is 31.9 Å². The lowest BCUT2D eigenvalue weighted by Gasteiger charge is -2.47. The third-order valence-electron chi connectivity index (χ3n) is 5.72. The fourth-order valence-electron chi connectivity index (χ4n) is 4.27. The van der Waals surface area contributed by atoms with Crippen LogP contribution in [0.25, 0.3) is 10.9 Å². The summed E-state index contributed by atoms with van der Waals surface area (Å²) in [5.41, 5.74) is 1.94. The van der Waals surface area contributed by atoms with Crippen molar-refractivity contribution in [2.24, 2.45) is 7.05 Å². The lowest BCUT2D eigenvalue weighted by atomic mass is 9.89. The van der Waals surface area contributed by atoms with Crippen LogP contribution in [0, 0.1) is 0 Å². The summed E-state index contributed by atoms with van der Waals surface area (Å²) in [4.78, 5) is 15.9. The quantitative estimate of drug-likeness (QED) is 0.807.